The molecule has 0 saturated carbocycles. The fourth-order valence-corrected chi connectivity index (χ4v) is 0.369. The Morgan fingerprint density at radius 1 is 1.11 bits per heavy atom. The van der Waals surface area contributed by atoms with Crippen LogP contribution in [0.5, 0.6) is 0 Å². The van der Waals surface area contributed by atoms with Crippen LogP contribution in [0.1, 0.15) is 6.92 Å². The molecule has 54 valence electrons. The predicted molar refractivity (Wildman–Crippen MR) is 17.7 cm³/mol. The minimum atomic E-state index is -3.97. The first-order valence-electron chi connectivity index (χ1n) is 2.05. The minimum absolute atomic E-state index is 0.661. The van der Waals surface area contributed by atoms with Crippen molar-refractivity contribution in [2.45, 2.75) is 19.3 Å². The smallest absolute Gasteiger partial charge is 0.230 e. The lowest BCUT2D eigenvalue weighted by Gasteiger charge is -2.05. The summed E-state index contributed by atoms with van der Waals surface area (Å²) < 4.78 is 38.6. The van der Waals surface area contributed by atoms with E-state index in [0.29, 0.717) is 6.92 Å². The SMILES string of the molecule is CC1(F)OOC(F)(F)O1. The number of halogens is 3. The zero-order valence-corrected chi connectivity index (χ0v) is 4.36. The number of rotatable bonds is 0. The quantitative estimate of drug-likeness (QED) is 0.477. The van der Waals surface area contributed by atoms with Gasteiger partial charge in [0.05, 0.1) is 0 Å². The van der Waals surface area contributed by atoms with Crippen LogP contribution in [0.3, 0.4) is 0 Å². The fraction of sp³-hybridized carbons (Fsp3) is 1.00. The lowest BCUT2D eigenvalue weighted by atomic mass is 10.7. The van der Waals surface area contributed by atoms with E-state index in [2.05, 4.69) is 14.5 Å². The summed E-state index contributed by atoms with van der Waals surface area (Å²) in [6.45, 7) is 0.661. The summed E-state index contributed by atoms with van der Waals surface area (Å²) in [5.74, 6) is 0. The number of alkyl halides is 3. The summed E-state index contributed by atoms with van der Waals surface area (Å²) >= 11 is 0. The van der Waals surface area contributed by atoms with Crippen LogP contribution in [0.25, 0.3) is 0 Å². The second-order valence-electron chi connectivity index (χ2n) is 1.57. The minimum Gasteiger partial charge on any atom is -0.230 e. The van der Waals surface area contributed by atoms with Gasteiger partial charge in [-0.15, -0.1) is 13.7 Å². The molecule has 6 heteroatoms. The standard InChI is InChI=1S/C3H3F3O3/c1-2(4)7-3(5,6)9-8-2/h1H3. The number of ether oxygens (including phenoxy) is 1. The molecule has 0 spiro atoms. The normalized spacial score (nSPS) is 41.3. The van der Waals surface area contributed by atoms with Gasteiger partial charge in [-0.3, -0.25) is 0 Å². The maximum Gasteiger partial charge on any atom is 0.517 e. The Labute approximate surface area is 48.2 Å². The molecule has 1 rings (SSSR count). The van der Waals surface area contributed by atoms with E-state index in [-0.39, 0.29) is 0 Å². The molecule has 9 heavy (non-hydrogen) atoms. The monoisotopic (exact) mass is 144 g/mol. The molecular formula is C3H3F3O3. The predicted octanol–water partition coefficient (Wildman–Crippen LogP) is 1.16. The molecule has 1 saturated heterocycles. The summed E-state index contributed by atoms with van der Waals surface area (Å²) in [4.78, 5) is 6.54. The largest absolute Gasteiger partial charge is 0.517 e. The highest BCUT2D eigenvalue weighted by Crippen LogP contribution is 2.35. The van der Waals surface area contributed by atoms with Crippen molar-refractivity contribution in [1.29, 1.82) is 0 Å². The number of hydrogen-bond donors (Lipinski definition) is 0. The van der Waals surface area contributed by atoms with Crippen molar-refractivity contribution in [1.82, 2.24) is 0 Å². The Kier molecular flexibility index (Phi) is 1.20. The molecule has 1 fully saturated rings. The third kappa shape index (κ3) is 1.54. The van der Waals surface area contributed by atoms with Crippen LogP contribution in [0.2, 0.25) is 0 Å². The highest BCUT2D eigenvalue weighted by Gasteiger charge is 2.53. The van der Waals surface area contributed by atoms with Gasteiger partial charge in [0, 0.05) is 6.92 Å². The van der Waals surface area contributed by atoms with E-state index < -0.39 is 12.3 Å². The first kappa shape index (κ1) is 6.79. The van der Waals surface area contributed by atoms with E-state index >= 15 is 0 Å². The van der Waals surface area contributed by atoms with Crippen molar-refractivity contribution >= 4 is 0 Å². The molecule has 1 heterocycles. The molecule has 3 nitrogen and oxygen atoms in total. The van der Waals surface area contributed by atoms with E-state index in [1.165, 1.54) is 0 Å². The Balaban J connectivity index is 2.58. The summed E-state index contributed by atoms with van der Waals surface area (Å²) in [5, 5.41) is 0. The van der Waals surface area contributed by atoms with Gasteiger partial charge >= 0.3 is 12.3 Å². The van der Waals surface area contributed by atoms with Crippen LogP contribution in [0.15, 0.2) is 0 Å². The van der Waals surface area contributed by atoms with E-state index in [1.54, 1.807) is 0 Å². The van der Waals surface area contributed by atoms with Gasteiger partial charge in [0.2, 0.25) is 0 Å². The third-order valence-electron chi connectivity index (χ3n) is 0.589. The maximum absolute atomic E-state index is 12.1. The van der Waals surface area contributed by atoms with Crippen molar-refractivity contribution in [3.05, 3.63) is 0 Å². The second-order valence-corrected chi connectivity index (χ2v) is 1.57. The molecule has 0 aromatic rings. The van der Waals surface area contributed by atoms with Gasteiger partial charge in [0.25, 0.3) is 0 Å². The van der Waals surface area contributed by atoms with Gasteiger partial charge in [-0.05, 0) is 0 Å². The van der Waals surface area contributed by atoms with Crippen LogP contribution < -0.4 is 0 Å². The molecule has 1 atom stereocenters. The van der Waals surface area contributed by atoms with Crippen LogP contribution in [0.4, 0.5) is 13.2 Å². The summed E-state index contributed by atoms with van der Waals surface area (Å²) in [7, 11) is 0. The first-order valence-corrected chi connectivity index (χ1v) is 2.05. The van der Waals surface area contributed by atoms with Gasteiger partial charge in [-0.1, -0.05) is 0 Å². The van der Waals surface area contributed by atoms with Crippen LogP contribution >= 0.6 is 0 Å². The van der Waals surface area contributed by atoms with E-state index in [0.717, 1.165) is 0 Å². The topological polar surface area (TPSA) is 27.7 Å². The van der Waals surface area contributed by atoms with Gasteiger partial charge < -0.3 is 0 Å². The highest BCUT2D eigenvalue weighted by atomic mass is 19.3. The molecule has 0 bridgehead atoms. The van der Waals surface area contributed by atoms with Crippen molar-refractivity contribution in [2.24, 2.45) is 0 Å². The average Bonchev–Trinajstić information content (AvgIpc) is 1.78. The van der Waals surface area contributed by atoms with E-state index in [9.17, 15) is 13.2 Å². The van der Waals surface area contributed by atoms with E-state index in [4.69, 9.17) is 0 Å². The molecule has 0 aliphatic carbocycles. The van der Waals surface area contributed by atoms with Gasteiger partial charge in [0.1, 0.15) is 0 Å². The van der Waals surface area contributed by atoms with Crippen LogP contribution in [-0.4, -0.2) is 12.3 Å². The Morgan fingerprint density at radius 2 is 1.67 bits per heavy atom. The first-order chi connectivity index (χ1) is 3.91. The third-order valence-corrected chi connectivity index (χ3v) is 0.589. The summed E-state index contributed by atoms with van der Waals surface area (Å²) in [6.07, 6.45) is -3.97. The average molecular weight is 144 g/mol. The van der Waals surface area contributed by atoms with Crippen molar-refractivity contribution in [3.63, 3.8) is 0 Å². The van der Waals surface area contributed by atoms with Crippen molar-refractivity contribution in [3.8, 4) is 0 Å². The highest BCUT2D eigenvalue weighted by molar-refractivity contribution is 4.46. The fourth-order valence-electron chi connectivity index (χ4n) is 0.369. The second kappa shape index (κ2) is 1.59. The molecule has 0 radical (unpaired) electrons. The maximum atomic E-state index is 12.1. The van der Waals surface area contributed by atoms with Gasteiger partial charge in [0.15, 0.2) is 0 Å². The molecular weight excluding hydrogens is 141 g/mol. The molecule has 0 amide bonds. The lowest BCUT2D eigenvalue weighted by Crippen LogP contribution is -2.23. The molecule has 1 aliphatic rings. The summed E-state index contributed by atoms with van der Waals surface area (Å²) in [6, 6.07) is -2.84. The molecule has 0 N–H and O–H groups in total. The zero-order chi connectivity index (χ0) is 7.12. The van der Waals surface area contributed by atoms with Crippen molar-refractivity contribution in [2.75, 3.05) is 0 Å². The number of hydrogen-bond acceptors (Lipinski definition) is 3. The van der Waals surface area contributed by atoms with Crippen LogP contribution in [-0.2, 0) is 14.5 Å². The van der Waals surface area contributed by atoms with E-state index in [1.807, 2.05) is 0 Å². The zero-order valence-electron chi connectivity index (χ0n) is 4.36. The Morgan fingerprint density at radius 3 is 1.78 bits per heavy atom. The molecule has 1 aliphatic heterocycles. The van der Waals surface area contributed by atoms with Gasteiger partial charge in [-0.25, -0.2) is 4.74 Å². The summed E-state index contributed by atoms with van der Waals surface area (Å²) in [5.41, 5.74) is 0. The van der Waals surface area contributed by atoms with Crippen LogP contribution in [0, 0.1) is 0 Å². The molecule has 1 unspecified atom stereocenters. The molecule has 0 aromatic carbocycles. The van der Waals surface area contributed by atoms with Gasteiger partial charge in [-0.2, -0.15) is 9.28 Å². The van der Waals surface area contributed by atoms with Crippen molar-refractivity contribution < 1.29 is 27.7 Å². The Bertz CT molecular complexity index is 109. The lowest BCUT2D eigenvalue weighted by molar-refractivity contribution is -0.430. The molecule has 0 aromatic heterocycles. The Hall–Kier alpha value is -0.330.